The summed E-state index contributed by atoms with van der Waals surface area (Å²) in [6, 6.07) is 0. The lowest BCUT2D eigenvalue weighted by atomic mass is 9.91. The molecule has 1 fully saturated rings. The molecule has 0 aromatic carbocycles. The van der Waals surface area contributed by atoms with E-state index in [9.17, 15) is 0 Å². The Hall–Kier alpha value is -2.19. The van der Waals surface area contributed by atoms with Crippen molar-refractivity contribution in [3.63, 3.8) is 0 Å². The number of aryl methyl sites for hydroxylation is 2. The molecule has 0 bridgehead atoms. The number of piperidine rings is 1. The Morgan fingerprint density at radius 2 is 1.89 bits per heavy atom. The minimum atomic E-state index is 0.416. The smallest absolute Gasteiger partial charge is 0.183 e. The molecule has 1 saturated heterocycles. The lowest BCUT2D eigenvalue weighted by Crippen LogP contribution is -2.32. The summed E-state index contributed by atoms with van der Waals surface area (Å²) in [4.78, 5) is 12.3. The third-order valence-corrected chi connectivity index (χ3v) is 6.25. The highest BCUT2D eigenvalue weighted by atomic mass is 32.1. The van der Waals surface area contributed by atoms with Gasteiger partial charge in [-0.05, 0) is 50.8 Å². The highest BCUT2D eigenvalue weighted by Gasteiger charge is 2.28. The fraction of sp³-hybridized carbons (Fsp3) is 0.550. The zero-order chi connectivity index (χ0) is 19.5. The number of hydrogen-bond donors (Lipinski definition) is 0. The van der Waals surface area contributed by atoms with Crippen molar-refractivity contribution in [1.82, 2.24) is 29.6 Å². The average molecular weight is 399 g/mol. The van der Waals surface area contributed by atoms with Crippen LogP contribution in [-0.2, 0) is 19.4 Å². The summed E-state index contributed by atoms with van der Waals surface area (Å²) in [6.45, 7) is 9.17. The van der Waals surface area contributed by atoms with Crippen molar-refractivity contribution in [3.8, 4) is 10.6 Å². The summed E-state index contributed by atoms with van der Waals surface area (Å²) in [6.07, 6.45) is 7.83. The quantitative estimate of drug-likeness (QED) is 0.625. The number of hydrogen-bond acceptors (Lipinski definition) is 8. The van der Waals surface area contributed by atoms with Gasteiger partial charge in [0.25, 0.3) is 0 Å². The monoisotopic (exact) mass is 398 g/mol. The first-order valence-electron chi connectivity index (χ1n) is 9.99. The summed E-state index contributed by atoms with van der Waals surface area (Å²) in [5.74, 6) is 2.18. The van der Waals surface area contributed by atoms with E-state index in [4.69, 9.17) is 4.52 Å². The normalized spacial score (nSPS) is 16.0. The summed E-state index contributed by atoms with van der Waals surface area (Å²) >= 11 is 1.42. The van der Waals surface area contributed by atoms with Crippen molar-refractivity contribution in [2.24, 2.45) is 0 Å². The van der Waals surface area contributed by atoms with E-state index < -0.39 is 0 Å². The molecule has 0 N–H and O–H groups in total. The largest absolute Gasteiger partial charge is 0.355 e. The molecule has 7 nitrogen and oxygen atoms in total. The summed E-state index contributed by atoms with van der Waals surface area (Å²) < 4.78 is 9.87. The maximum atomic E-state index is 5.64. The van der Waals surface area contributed by atoms with Crippen LogP contribution in [0.25, 0.3) is 10.6 Å². The number of rotatable bonds is 6. The molecule has 0 radical (unpaired) electrons. The van der Waals surface area contributed by atoms with Gasteiger partial charge in [0.05, 0.1) is 11.4 Å². The van der Waals surface area contributed by atoms with Gasteiger partial charge in [-0.1, -0.05) is 23.5 Å². The minimum Gasteiger partial charge on any atom is -0.355 e. The molecule has 1 aliphatic rings. The van der Waals surface area contributed by atoms with Crippen LogP contribution in [0.2, 0.25) is 0 Å². The van der Waals surface area contributed by atoms with Crippen LogP contribution in [0, 0.1) is 6.92 Å². The number of aromatic nitrogens is 5. The van der Waals surface area contributed by atoms with E-state index >= 15 is 0 Å². The second kappa shape index (κ2) is 8.45. The van der Waals surface area contributed by atoms with Gasteiger partial charge in [0, 0.05) is 42.4 Å². The first-order valence-corrected chi connectivity index (χ1v) is 10.8. The van der Waals surface area contributed by atoms with Crippen LogP contribution in [0.3, 0.4) is 0 Å². The molecule has 0 atom stereocenters. The van der Waals surface area contributed by atoms with E-state index in [0.29, 0.717) is 5.92 Å². The van der Waals surface area contributed by atoms with Gasteiger partial charge >= 0.3 is 0 Å². The van der Waals surface area contributed by atoms with Crippen molar-refractivity contribution < 1.29 is 4.52 Å². The molecule has 0 spiro atoms. The molecule has 0 aliphatic carbocycles. The Balaban J connectivity index is 1.42. The molecule has 148 valence electrons. The molecular formula is C20H26N6OS. The van der Waals surface area contributed by atoms with E-state index in [2.05, 4.69) is 43.5 Å². The third-order valence-electron chi connectivity index (χ3n) is 5.51. The molecule has 28 heavy (non-hydrogen) atoms. The van der Waals surface area contributed by atoms with Crippen LogP contribution in [0.5, 0.6) is 0 Å². The van der Waals surface area contributed by atoms with Crippen LogP contribution < -0.4 is 0 Å². The second-order valence-corrected chi connectivity index (χ2v) is 8.08. The zero-order valence-electron chi connectivity index (χ0n) is 16.7. The SMILES string of the molecule is CCc1ncc(CN2CCC(c3nnsc3-c3onc(C)c3CC)CC2)cn1. The molecule has 4 heterocycles. The van der Waals surface area contributed by atoms with Gasteiger partial charge in [0.1, 0.15) is 10.7 Å². The molecule has 0 saturated carbocycles. The topological polar surface area (TPSA) is 80.8 Å². The van der Waals surface area contributed by atoms with Crippen LogP contribution in [-0.4, -0.2) is 42.7 Å². The van der Waals surface area contributed by atoms with E-state index in [1.54, 1.807) is 0 Å². The molecule has 3 aromatic rings. The molecule has 1 aliphatic heterocycles. The Morgan fingerprint density at radius 3 is 2.57 bits per heavy atom. The summed E-state index contributed by atoms with van der Waals surface area (Å²) in [5.41, 5.74) is 4.38. The molecular weight excluding hydrogens is 372 g/mol. The van der Waals surface area contributed by atoms with Gasteiger partial charge < -0.3 is 4.52 Å². The fourth-order valence-electron chi connectivity index (χ4n) is 3.87. The van der Waals surface area contributed by atoms with Crippen LogP contribution in [0.4, 0.5) is 0 Å². The van der Waals surface area contributed by atoms with Gasteiger partial charge in [-0.2, -0.15) is 0 Å². The standard InChI is InChI=1S/C20H26N6OS/c1-4-16-13(3)24-27-19(16)20-18(23-25-28-20)15-6-8-26(9-7-15)12-14-10-21-17(5-2)22-11-14/h10-11,15H,4-9,12H2,1-3H3. The second-order valence-electron chi connectivity index (χ2n) is 7.33. The van der Waals surface area contributed by atoms with E-state index in [1.807, 2.05) is 19.3 Å². The van der Waals surface area contributed by atoms with E-state index in [0.717, 1.165) is 73.2 Å². The minimum absolute atomic E-state index is 0.416. The Kier molecular flexibility index (Phi) is 5.77. The predicted octanol–water partition coefficient (Wildman–Crippen LogP) is 3.80. The molecule has 3 aromatic heterocycles. The average Bonchev–Trinajstić information content (AvgIpc) is 3.35. The zero-order valence-corrected chi connectivity index (χ0v) is 17.5. The molecule has 8 heteroatoms. The van der Waals surface area contributed by atoms with Gasteiger partial charge in [-0.3, -0.25) is 4.90 Å². The van der Waals surface area contributed by atoms with E-state index in [-0.39, 0.29) is 0 Å². The lowest BCUT2D eigenvalue weighted by Gasteiger charge is -2.31. The molecule has 4 rings (SSSR count). The Morgan fingerprint density at radius 1 is 1.14 bits per heavy atom. The van der Waals surface area contributed by atoms with Crippen molar-refractivity contribution in [2.75, 3.05) is 13.1 Å². The Bertz CT molecular complexity index is 911. The molecule has 0 unspecified atom stereocenters. The predicted molar refractivity (Wildman–Crippen MR) is 108 cm³/mol. The summed E-state index contributed by atoms with van der Waals surface area (Å²) in [7, 11) is 0. The van der Waals surface area contributed by atoms with Gasteiger partial charge in [-0.15, -0.1) is 5.10 Å². The highest BCUT2D eigenvalue weighted by molar-refractivity contribution is 7.09. The number of likely N-dealkylation sites (tertiary alicyclic amines) is 1. The van der Waals surface area contributed by atoms with Crippen molar-refractivity contribution in [3.05, 3.63) is 40.7 Å². The van der Waals surface area contributed by atoms with Gasteiger partial charge in [0.2, 0.25) is 0 Å². The maximum absolute atomic E-state index is 5.64. The van der Waals surface area contributed by atoms with Crippen molar-refractivity contribution in [2.45, 2.75) is 58.9 Å². The fourth-order valence-corrected chi connectivity index (χ4v) is 4.63. The van der Waals surface area contributed by atoms with Gasteiger partial charge in [-0.25, -0.2) is 9.97 Å². The lowest BCUT2D eigenvalue weighted by molar-refractivity contribution is 0.203. The molecule has 0 amide bonds. The van der Waals surface area contributed by atoms with E-state index in [1.165, 1.54) is 22.7 Å². The van der Waals surface area contributed by atoms with Crippen LogP contribution >= 0.6 is 11.5 Å². The highest BCUT2D eigenvalue weighted by Crippen LogP contribution is 2.38. The Labute approximate surface area is 169 Å². The maximum Gasteiger partial charge on any atom is 0.183 e. The first kappa shape index (κ1) is 19.1. The van der Waals surface area contributed by atoms with Crippen LogP contribution in [0.1, 0.15) is 60.9 Å². The third kappa shape index (κ3) is 3.84. The first-order chi connectivity index (χ1) is 13.7. The van der Waals surface area contributed by atoms with Crippen LogP contribution in [0.15, 0.2) is 16.9 Å². The van der Waals surface area contributed by atoms with Gasteiger partial charge in [0.15, 0.2) is 5.76 Å². The number of nitrogens with zero attached hydrogens (tertiary/aromatic N) is 6. The van der Waals surface area contributed by atoms with Crippen molar-refractivity contribution >= 4 is 11.5 Å². The van der Waals surface area contributed by atoms with Crippen molar-refractivity contribution in [1.29, 1.82) is 0 Å². The summed E-state index contributed by atoms with van der Waals surface area (Å²) in [5, 5.41) is 8.63.